The van der Waals surface area contributed by atoms with E-state index in [2.05, 4.69) is 16.0 Å². The van der Waals surface area contributed by atoms with Crippen molar-refractivity contribution in [1.82, 2.24) is 60.0 Å². The number of ether oxygens (including phenoxy) is 4. The summed E-state index contributed by atoms with van der Waals surface area (Å²) in [5.41, 5.74) is 0. The first-order chi connectivity index (χ1) is 52.5. The van der Waals surface area contributed by atoms with Gasteiger partial charge in [0.15, 0.2) is 12.6 Å². The van der Waals surface area contributed by atoms with E-state index in [1.54, 1.807) is 0 Å². The Morgan fingerprint density at radius 2 is 0.580 bits per heavy atom. The van der Waals surface area contributed by atoms with Crippen molar-refractivity contribution < 1.29 is 198 Å². The van der Waals surface area contributed by atoms with Crippen LogP contribution < -0.4 is 16.0 Å². The molecular formula is C60H100N12O40. The molecule has 0 aromatic heterocycles. The van der Waals surface area contributed by atoms with Gasteiger partial charge in [0.05, 0.1) is 131 Å². The van der Waals surface area contributed by atoms with Crippen molar-refractivity contribution in [3.8, 4) is 0 Å². The minimum absolute atomic E-state index is 0.314. The van der Waals surface area contributed by atoms with Gasteiger partial charge in [0.1, 0.15) is 67.0 Å². The number of carbonyl (C=O) groups is 15. The molecule has 0 aliphatic carbocycles. The van der Waals surface area contributed by atoms with Crippen LogP contribution in [0.2, 0.25) is 0 Å². The van der Waals surface area contributed by atoms with Crippen LogP contribution in [0, 0.1) is 0 Å². The van der Waals surface area contributed by atoms with E-state index in [0.717, 1.165) is 44.1 Å². The molecule has 2 fully saturated rings. The number of carboxylic acids is 12. The molecule has 0 spiro atoms. The highest BCUT2D eigenvalue weighted by Crippen LogP contribution is 2.31. The molecule has 2 aliphatic rings. The number of aliphatic carboxylic acids is 12. The Balaban J connectivity index is 2.78. The first kappa shape index (κ1) is 99.2. The number of carbonyl (C=O) groups excluding carboxylic acids is 3. The number of nitrogens with zero attached hydrogens (tertiary/aromatic N) is 9. The molecule has 640 valence electrons. The Labute approximate surface area is 634 Å². The number of hydrogen-bond acceptors (Lipinski definition) is 37. The van der Waals surface area contributed by atoms with E-state index in [-0.39, 0.29) is 45.8 Å². The molecular weight excluding hydrogens is 1530 g/mol. The second-order valence-corrected chi connectivity index (χ2v) is 25.7. The van der Waals surface area contributed by atoms with Gasteiger partial charge in [0.2, 0.25) is 17.7 Å². The second kappa shape index (κ2) is 51.0. The van der Waals surface area contributed by atoms with Crippen LogP contribution in [0.1, 0.15) is 0 Å². The van der Waals surface area contributed by atoms with E-state index in [1.807, 2.05) is 0 Å². The lowest BCUT2D eigenvalue weighted by Crippen LogP contribution is -2.70. The third-order valence-corrected chi connectivity index (χ3v) is 16.6. The Morgan fingerprint density at radius 1 is 0.321 bits per heavy atom. The molecule has 0 radical (unpaired) electrons. The predicted molar refractivity (Wildman–Crippen MR) is 361 cm³/mol. The molecule has 3 amide bonds. The Bertz CT molecular complexity index is 3050. The van der Waals surface area contributed by atoms with Crippen molar-refractivity contribution in [3.63, 3.8) is 0 Å². The molecule has 14 atom stereocenters. The average Bonchev–Trinajstić information content (AvgIpc) is 0.773. The molecule has 52 heteroatoms. The van der Waals surface area contributed by atoms with Crippen LogP contribution in [0.4, 0.5) is 0 Å². The first-order valence-corrected chi connectivity index (χ1v) is 33.9. The topological polar surface area (TPSA) is 783 Å². The zero-order valence-corrected chi connectivity index (χ0v) is 60.2. The Hall–Kier alpha value is -8.83. The van der Waals surface area contributed by atoms with Gasteiger partial charge in [-0.15, -0.1) is 0 Å². The normalized spacial score (nSPS) is 21.1. The number of nitrogens with one attached hydrogen (secondary N) is 3. The second-order valence-electron chi connectivity index (χ2n) is 25.7. The molecule has 52 nitrogen and oxygen atoms in total. The van der Waals surface area contributed by atoms with Gasteiger partial charge in [-0.2, -0.15) is 0 Å². The fourth-order valence-electron chi connectivity index (χ4n) is 11.5. The number of amides is 3. The van der Waals surface area contributed by atoms with Crippen LogP contribution in [0.15, 0.2) is 0 Å². The molecule has 0 aromatic rings. The molecule has 112 heavy (non-hydrogen) atoms. The summed E-state index contributed by atoms with van der Waals surface area (Å²) in [7, 11) is 0. The van der Waals surface area contributed by atoms with Crippen molar-refractivity contribution in [2.75, 3.05) is 203 Å². The summed E-state index contributed by atoms with van der Waals surface area (Å²) in [5.74, 6) is -21.6. The summed E-state index contributed by atoms with van der Waals surface area (Å²) in [6.45, 7) is -23.2. The summed E-state index contributed by atoms with van der Waals surface area (Å²) in [5, 5.41) is 222. The lowest BCUT2D eigenvalue weighted by atomic mass is 9.94. The average molecular weight is 1630 g/mol. The molecule has 2 rings (SSSR count). The van der Waals surface area contributed by atoms with Crippen LogP contribution in [0.5, 0.6) is 0 Å². The third kappa shape index (κ3) is 39.1. The van der Waals surface area contributed by atoms with E-state index in [9.17, 15) is 179 Å². The molecule has 2 heterocycles. The quantitative estimate of drug-likeness (QED) is 0.0269. The van der Waals surface area contributed by atoms with Crippen molar-refractivity contribution in [2.45, 2.75) is 85.6 Å². The fraction of sp³-hybridized carbons (Fsp3) is 0.750. The SMILES string of the molecule is O=C(O)CN(CCN(CC(=O)O)CC(=O)O)CCN(CC(=O)O)CC(=O)N[C@H]1[C@@H](O[C@@H]([C@H](O)[C@H](CO)NC(=O)CN(CCN(CCN(CC(=O)O)CC(=O)O)CC(=O)O)CC(=O)O)[C@H](O)CO)O[C@H](CO)[C@@H](O[C@@H]2O[C@H](CO)[C@@H](O)[C@H](O)[C@H]2NC(=O)CN(CCN(CCN(CC(=O)O)CC(=O)O)CC(=O)O)CC(=O)O)[C@@H]1O. The van der Waals surface area contributed by atoms with E-state index in [4.69, 9.17) is 18.9 Å². The van der Waals surface area contributed by atoms with Crippen LogP contribution in [0.25, 0.3) is 0 Å². The van der Waals surface area contributed by atoms with E-state index in [1.165, 1.54) is 0 Å². The summed E-state index contributed by atoms with van der Waals surface area (Å²) < 4.78 is 23.8. The minimum atomic E-state index is -2.52. The number of aliphatic hydroxyl groups is 9. The third-order valence-electron chi connectivity index (χ3n) is 16.6. The smallest absolute Gasteiger partial charge is 0.317 e. The zero-order chi connectivity index (χ0) is 84.8. The van der Waals surface area contributed by atoms with Gasteiger partial charge in [-0.25, -0.2) is 0 Å². The molecule has 0 unspecified atom stereocenters. The standard InChI is InChI=1S/C60H100N12O40/c73-28-32(61-36(78)13-67(19-42(87)88)7-1-64(16-39(81)82)4-10-70(22-45(93)94)23-46(95)96)53(105)57(33(77)29-74)111-60-52(63-38(80)15-69(21-44(91)92)9-3-66(18-41(85)86)6-12-72(26-49(101)102)27-50(103)104)56(108)58(35(31-76)110-60)112-59-51(55(107)54(106)34(30-75)109-59)62-37(79)14-68(20-43(89)90)8-2-65(17-40(83)84)5-11-71(24-47(97)98)25-48(99)100/h32-35,51-60,73-77,105-108H,1-31H2,(H,61,78)(H,62,79)(H,63,80)(H,81,82)(H,83,84)(H,85,86)(H,87,88)(H,89,90)(H,91,92)(H,93,94)(H,95,96)(H,97,98)(H,99,100)(H,101,102)(H,103,104)/t32-,33+,34+,35+,51+,52+,53+,54+,55+,56+,57+,58+,59-,60+/m0/s1. The summed E-state index contributed by atoms with van der Waals surface area (Å²) >= 11 is 0. The van der Waals surface area contributed by atoms with Crippen LogP contribution in [0.3, 0.4) is 0 Å². The summed E-state index contributed by atoms with van der Waals surface area (Å²) in [6.07, 6.45) is -25.3. The number of hydrogen-bond donors (Lipinski definition) is 24. The van der Waals surface area contributed by atoms with Crippen LogP contribution in [-0.2, 0) is 90.9 Å². The van der Waals surface area contributed by atoms with Gasteiger partial charge < -0.3 is 142 Å². The number of rotatable bonds is 62. The maximum atomic E-state index is 14.5. The monoisotopic (exact) mass is 1630 g/mol. The number of carboxylic acid groups (broad SMARTS) is 12. The van der Waals surface area contributed by atoms with Crippen molar-refractivity contribution >= 4 is 89.4 Å². The molecule has 0 saturated carbocycles. The molecule has 2 saturated heterocycles. The van der Waals surface area contributed by atoms with Crippen molar-refractivity contribution in [3.05, 3.63) is 0 Å². The summed E-state index contributed by atoms with van der Waals surface area (Å²) in [4.78, 5) is 192. The van der Waals surface area contributed by atoms with Gasteiger partial charge in [-0.1, -0.05) is 0 Å². The van der Waals surface area contributed by atoms with E-state index >= 15 is 0 Å². The van der Waals surface area contributed by atoms with E-state index < -0.39 is 332 Å². The van der Waals surface area contributed by atoms with Gasteiger partial charge >= 0.3 is 71.6 Å². The molecule has 24 N–H and O–H groups in total. The van der Waals surface area contributed by atoms with Gasteiger partial charge in [-0.3, -0.25) is 116 Å². The lowest BCUT2D eigenvalue weighted by molar-refractivity contribution is -0.341. The van der Waals surface area contributed by atoms with Crippen molar-refractivity contribution in [2.24, 2.45) is 0 Å². The van der Waals surface area contributed by atoms with Crippen LogP contribution >= 0.6 is 0 Å². The van der Waals surface area contributed by atoms with Crippen LogP contribution in [-0.4, -0.2) is 529 Å². The van der Waals surface area contributed by atoms with Gasteiger partial charge in [0.25, 0.3) is 0 Å². The molecule has 0 bridgehead atoms. The van der Waals surface area contributed by atoms with E-state index in [0.29, 0.717) is 0 Å². The molecule has 0 aromatic carbocycles. The Kier molecular flexibility index (Phi) is 45.2. The maximum absolute atomic E-state index is 14.5. The predicted octanol–water partition coefficient (Wildman–Crippen LogP) is -15.8. The first-order valence-electron chi connectivity index (χ1n) is 33.9. The highest BCUT2D eigenvalue weighted by molar-refractivity contribution is 5.81. The summed E-state index contributed by atoms with van der Waals surface area (Å²) in [6, 6.07) is -6.50. The molecule has 2 aliphatic heterocycles. The highest BCUT2D eigenvalue weighted by atomic mass is 16.7. The Morgan fingerprint density at radius 3 is 0.857 bits per heavy atom. The van der Waals surface area contributed by atoms with Gasteiger partial charge in [-0.05, 0) is 0 Å². The maximum Gasteiger partial charge on any atom is 0.317 e. The largest absolute Gasteiger partial charge is 0.480 e. The fourth-order valence-corrected chi connectivity index (χ4v) is 11.5. The minimum Gasteiger partial charge on any atom is -0.480 e. The van der Waals surface area contributed by atoms with Gasteiger partial charge in [0, 0.05) is 78.5 Å². The number of aliphatic hydroxyl groups excluding tert-OH is 9. The highest BCUT2D eigenvalue weighted by Gasteiger charge is 2.54. The zero-order valence-electron chi connectivity index (χ0n) is 60.2. The van der Waals surface area contributed by atoms with Crippen molar-refractivity contribution in [1.29, 1.82) is 0 Å². The lowest BCUT2D eigenvalue weighted by Gasteiger charge is -2.49.